The van der Waals surface area contributed by atoms with E-state index in [-0.39, 0.29) is 12.5 Å². The number of hydrogen-bond acceptors (Lipinski definition) is 8. The molecule has 7 unspecified atom stereocenters. The molecule has 1 saturated heterocycles. The van der Waals surface area contributed by atoms with Crippen molar-refractivity contribution in [2.24, 2.45) is 0 Å². The van der Waals surface area contributed by atoms with Gasteiger partial charge in [-0.2, -0.15) is 0 Å². The zero-order valence-corrected chi connectivity index (χ0v) is 29.3. The number of aliphatic hydroxyl groups excluding tert-OH is 5. The zero-order valence-electron chi connectivity index (χ0n) is 29.3. The zero-order chi connectivity index (χ0) is 33.8. The third-order valence-electron chi connectivity index (χ3n) is 9.12. The third-order valence-corrected chi connectivity index (χ3v) is 9.12. The maximum Gasteiger partial charge on any atom is 0.220 e. The number of ether oxygens (including phenoxy) is 2. The SMILES string of the molecule is CCCCCCCC/C=C\CCCCCCCCCCCC(=O)NC(COC1OC(CO)C(O)C(O)C1O)C(O)CCCCCC. The van der Waals surface area contributed by atoms with E-state index in [1.54, 1.807) is 0 Å². The highest BCUT2D eigenvalue weighted by Crippen LogP contribution is 2.23. The standard InChI is InChI=1S/C37H71NO8/c1-3-5-7-9-10-11-12-13-14-15-16-17-18-19-20-21-22-23-25-27-33(41)38-30(31(40)26-24-8-6-4-2)29-45-37-36(44)35(43)34(42)32(28-39)46-37/h13-14,30-32,34-37,39-40,42-44H,3-12,15-29H2,1-2H3,(H,38,41)/b14-13-. The molecule has 9 nitrogen and oxygen atoms in total. The van der Waals surface area contributed by atoms with Crippen LogP contribution < -0.4 is 5.32 Å². The average Bonchev–Trinajstić information content (AvgIpc) is 3.05. The van der Waals surface area contributed by atoms with Crippen molar-refractivity contribution in [2.75, 3.05) is 13.2 Å². The number of unbranched alkanes of at least 4 members (excludes halogenated alkanes) is 18. The van der Waals surface area contributed by atoms with Crippen molar-refractivity contribution in [3.63, 3.8) is 0 Å². The lowest BCUT2D eigenvalue weighted by Crippen LogP contribution is -2.60. The first-order valence-electron chi connectivity index (χ1n) is 18.9. The number of nitrogens with one attached hydrogen (secondary N) is 1. The fraction of sp³-hybridized carbons (Fsp3) is 0.919. The Morgan fingerprint density at radius 2 is 1.22 bits per heavy atom. The summed E-state index contributed by atoms with van der Waals surface area (Å²) < 4.78 is 11.1. The smallest absolute Gasteiger partial charge is 0.220 e. The monoisotopic (exact) mass is 658 g/mol. The first-order chi connectivity index (χ1) is 22.3. The summed E-state index contributed by atoms with van der Waals surface area (Å²) in [5, 5.41) is 53.5. The van der Waals surface area contributed by atoms with Crippen molar-refractivity contribution in [1.82, 2.24) is 5.32 Å². The third kappa shape index (κ3) is 20.3. The second-order valence-corrected chi connectivity index (χ2v) is 13.4. The van der Waals surface area contributed by atoms with Gasteiger partial charge in [0.15, 0.2) is 6.29 Å². The van der Waals surface area contributed by atoms with Crippen LogP contribution in [0.1, 0.15) is 162 Å². The minimum atomic E-state index is -1.55. The molecule has 7 atom stereocenters. The highest BCUT2D eigenvalue weighted by atomic mass is 16.7. The second kappa shape index (κ2) is 28.9. The summed E-state index contributed by atoms with van der Waals surface area (Å²) in [5.74, 6) is -0.156. The van der Waals surface area contributed by atoms with Crippen molar-refractivity contribution in [1.29, 1.82) is 0 Å². The predicted octanol–water partition coefficient (Wildman–Crippen LogP) is 6.22. The van der Waals surface area contributed by atoms with Crippen LogP contribution in [0.3, 0.4) is 0 Å². The van der Waals surface area contributed by atoms with E-state index in [2.05, 4.69) is 31.3 Å². The summed E-state index contributed by atoms with van der Waals surface area (Å²) in [7, 11) is 0. The Bertz CT molecular complexity index is 736. The largest absolute Gasteiger partial charge is 0.394 e. The molecular weight excluding hydrogens is 586 g/mol. The molecule has 1 rings (SSSR count). The van der Waals surface area contributed by atoms with E-state index < -0.39 is 49.5 Å². The minimum absolute atomic E-state index is 0.140. The Morgan fingerprint density at radius 3 is 1.76 bits per heavy atom. The van der Waals surface area contributed by atoms with E-state index in [9.17, 15) is 30.3 Å². The molecule has 1 aliphatic rings. The Kier molecular flexibility index (Phi) is 27.0. The van der Waals surface area contributed by atoms with E-state index in [1.807, 2.05) is 0 Å². The number of allylic oxidation sites excluding steroid dienone is 2. The first-order valence-corrected chi connectivity index (χ1v) is 18.9. The van der Waals surface area contributed by atoms with Gasteiger partial charge in [-0.15, -0.1) is 0 Å². The van der Waals surface area contributed by atoms with Crippen LogP contribution in [-0.2, 0) is 14.3 Å². The molecule has 1 heterocycles. The molecule has 0 bridgehead atoms. The number of hydrogen-bond donors (Lipinski definition) is 6. The number of carbonyl (C=O) groups is 1. The lowest BCUT2D eigenvalue weighted by Gasteiger charge is -2.40. The van der Waals surface area contributed by atoms with Crippen LogP contribution in [0.15, 0.2) is 12.2 Å². The normalized spacial score (nSPS) is 23.2. The van der Waals surface area contributed by atoms with E-state index in [0.717, 1.165) is 44.9 Å². The molecule has 1 aliphatic heterocycles. The maximum absolute atomic E-state index is 12.8. The minimum Gasteiger partial charge on any atom is -0.394 e. The average molecular weight is 658 g/mol. The number of aliphatic hydroxyl groups is 5. The number of rotatable bonds is 30. The van der Waals surface area contributed by atoms with Gasteiger partial charge in [-0.1, -0.05) is 129 Å². The molecular formula is C37H71NO8. The number of carbonyl (C=O) groups excluding carboxylic acids is 1. The van der Waals surface area contributed by atoms with Gasteiger partial charge in [0.25, 0.3) is 0 Å². The Labute approximate surface area is 280 Å². The van der Waals surface area contributed by atoms with Gasteiger partial charge in [-0.25, -0.2) is 0 Å². The van der Waals surface area contributed by atoms with Crippen LogP contribution in [0.2, 0.25) is 0 Å². The molecule has 0 aromatic heterocycles. The van der Waals surface area contributed by atoms with Crippen molar-refractivity contribution < 1.29 is 39.8 Å². The topological polar surface area (TPSA) is 149 Å². The van der Waals surface area contributed by atoms with E-state index in [4.69, 9.17) is 9.47 Å². The predicted molar refractivity (Wildman–Crippen MR) is 184 cm³/mol. The summed E-state index contributed by atoms with van der Waals surface area (Å²) in [4.78, 5) is 12.8. The van der Waals surface area contributed by atoms with Crippen molar-refractivity contribution >= 4 is 5.91 Å². The lowest BCUT2D eigenvalue weighted by atomic mass is 9.99. The molecule has 0 saturated carbocycles. The highest BCUT2D eigenvalue weighted by Gasteiger charge is 2.44. The van der Waals surface area contributed by atoms with Gasteiger partial charge in [0.2, 0.25) is 5.91 Å². The fourth-order valence-electron chi connectivity index (χ4n) is 5.98. The molecule has 1 amide bonds. The summed E-state index contributed by atoms with van der Waals surface area (Å²) in [6.07, 6.45) is 22.8. The Morgan fingerprint density at radius 1 is 0.717 bits per heavy atom. The molecule has 0 radical (unpaired) electrons. The van der Waals surface area contributed by atoms with Crippen molar-refractivity contribution in [2.45, 2.75) is 204 Å². The Hall–Kier alpha value is -1.07. The summed E-state index contributed by atoms with van der Waals surface area (Å²) in [5.41, 5.74) is 0. The molecule has 272 valence electrons. The molecule has 9 heteroatoms. The van der Waals surface area contributed by atoms with Crippen LogP contribution in [-0.4, -0.2) is 87.5 Å². The van der Waals surface area contributed by atoms with Crippen LogP contribution in [0, 0.1) is 0 Å². The van der Waals surface area contributed by atoms with E-state index in [1.165, 1.54) is 89.9 Å². The van der Waals surface area contributed by atoms with Crippen LogP contribution in [0.5, 0.6) is 0 Å². The molecule has 0 aromatic carbocycles. The maximum atomic E-state index is 12.8. The highest BCUT2D eigenvalue weighted by molar-refractivity contribution is 5.76. The van der Waals surface area contributed by atoms with Gasteiger partial charge in [0, 0.05) is 6.42 Å². The molecule has 1 fully saturated rings. The lowest BCUT2D eigenvalue weighted by molar-refractivity contribution is -0.302. The van der Waals surface area contributed by atoms with Gasteiger partial charge in [-0.05, 0) is 38.5 Å². The van der Waals surface area contributed by atoms with E-state index in [0.29, 0.717) is 12.8 Å². The van der Waals surface area contributed by atoms with Crippen LogP contribution >= 0.6 is 0 Å². The number of amides is 1. The van der Waals surface area contributed by atoms with Gasteiger partial charge in [-0.3, -0.25) is 4.79 Å². The second-order valence-electron chi connectivity index (χ2n) is 13.4. The van der Waals surface area contributed by atoms with Crippen molar-refractivity contribution in [3.8, 4) is 0 Å². The summed E-state index contributed by atoms with van der Waals surface area (Å²) >= 11 is 0. The summed E-state index contributed by atoms with van der Waals surface area (Å²) in [6, 6.07) is -0.711. The molecule has 0 spiro atoms. The van der Waals surface area contributed by atoms with Gasteiger partial charge >= 0.3 is 0 Å². The first kappa shape index (κ1) is 43.0. The van der Waals surface area contributed by atoms with E-state index >= 15 is 0 Å². The Balaban J connectivity index is 2.23. The van der Waals surface area contributed by atoms with Crippen LogP contribution in [0.4, 0.5) is 0 Å². The molecule has 6 N–H and O–H groups in total. The molecule has 0 aromatic rings. The quantitative estimate of drug-likeness (QED) is 0.0394. The fourth-order valence-corrected chi connectivity index (χ4v) is 5.98. The summed E-state index contributed by atoms with van der Waals surface area (Å²) in [6.45, 7) is 3.69. The van der Waals surface area contributed by atoms with Gasteiger partial charge in [0.05, 0.1) is 25.4 Å². The van der Waals surface area contributed by atoms with Crippen LogP contribution in [0.25, 0.3) is 0 Å². The van der Waals surface area contributed by atoms with Gasteiger partial charge in [0.1, 0.15) is 24.4 Å². The van der Waals surface area contributed by atoms with Gasteiger partial charge < -0.3 is 40.3 Å². The van der Waals surface area contributed by atoms with Crippen molar-refractivity contribution in [3.05, 3.63) is 12.2 Å². The molecule has 46 heavy (non-hydrogen) atoms. The molecule has 0 aliphatic carbocycles.